The van der Waals surface area contributed by atoms with Gasteiger partial charge in [-0.05, 0) is 24.3 Å². The number of anilines is 1. The summed E-state index contributed by atoms with van der Waals surface area (Å²) >= 11 is 5.67. The second-order valence-corrected chi connectivity index (χ2v) is 4.15. The number of amides is 1. The van der Waals surface area contributed by atoms with E-state index in [2.05, 4.69) is 10.3 Å². The van der Waals surface area contributed by atoms with Crippen LogP contribution >= 0.6 is 11.6 Å². The van der Waals surface area contributed by atoms with Crippen LogP contribution in [0.3, 0.4) is 0 Å². The van der Waals surface area contributed by atoms with Crippen molar-refractivity contribution in [2.75, 3.05) is 11.9 Å². The van der Waals surface area contributed by atoms with E-state index in [1.165, 1.54) is 12.3 Å². The molecule has 0 radical (unpaired) electrons. The van der Waals surface area contributed by atoms with Crippen molar-refractivity contribution in [3.05, 3.63) is 53.3 Å². The number of ether oxygens (including phenoxy) is 1. The van der Waals surface area contributed by atoms with E-state index in [0.29, 0.717) is 22.2 Å². The average Bonchev–Trinajstić information content (AvgIpc) is 2.47. The lowest BCUT2D eigenvalue weighted by Crippen LogP contribution is -2.13. The van der Waals surface area contributed by atoms with E-state index in [4.69, 9.17) is 21.6 Å². The molecule has 0 aliphatic carbocycles. The maximum atomic E-state index is 12.0. The molecule has 0 saturated carbocycles. The van der Waals surface area contributed by atoms with Crippen molar-refractivity contribution in [1.82, 2.24) is 4.98 Å². The molecule has 5 nitrogen and oxygen atoms in total. The smallest absolute Gasteiger partial charge is 0.257 e. The van der Waals surface area contributed by atoms with Crippen molar-refractivity contribution in [2.45, 2.75) is 0 Å². The number of carbonyl (C=O) groups excluding carboxylic acids is 1. The largest absolute Gasteiger partial charge is 0.477 e. The Hall–Kier alpha value is -2.58. The molecule has 0 fully saturated rings. The molecule has 0 saturated heterocycles. The predicted molar refractivity (Wildman–Crippen MR) is 74.8 cm³/mol. The van der Waals surface area contributed by atoms with Crippen LogP contribution in [0.1, 0.15) is 10.4 Å². The molecule has 1 N–H and O–H groups in total. The number of hydrogen-bond acceptors (Lipinski definition) is 4. The average molecular weight is 288 g/mol. The highest BCUT2D eigenvalue weighted by atomic mass is 35.5. The first-order chi connectivity index (χ1) is 9.70. The van der Waals surface area contributed by atoms with Gasteiger partial charge in [-0.15, -0.1) is 0 Å². The normalized spacial score (nSPS) is 9.60. The summed E-state index contributed by atoms with van der Waals surface area (Å²) in [5, 5.41) is 11.5. The number of para-hydroxylation sites is 2. The molecule has 0 spiro atoms. The fraction of sp³-hybridized carbons (Fsp3) is 0.0714. The van der Waals surface area contributed by atoms with E-state index in [0.717, 1.165) is 0 Å². The maximum Gasteiger partial charge on any atom is 0.257 e. The SMILES string of the molecule is N#CCOc1ccccc1NC(=O)c1ccc(Cl)nc1. The monoisotopic (exact) mass is 287 g/mol. The van der Waals surface area contributed by atoms with Gasteiger partial charge in [0.25, 0.3) is 5.91 Å². The molecule has 0 bridgehead atoms. The van der Waals surface area contributed by atoms with Gasteiger partial charge in [0.15, 0.2) is 6.61 Å². The van der Waals surface area contributed by atoms with Gasteiger partial charge in [-0.25, -0.2) is 4.98 Å². The molecule has 0 unspecified atom stereocenters. The summed E-state index contributed by atoms with van der Waals surface area (Å²) in [7, 11) is 0. The first kappa shape index (κ1) is 13.8. The van der Waals surface area contributed by atoms with E-state index in [1.54, 1.807) is 30.3 Å². The van der Waals surface area contributed by atoms with Crippen LogP contribution in [0.25, 0.3) is 0 Å². The molecular formula is C14H10ClN3O2. The third-order valence-corrected chi connectivity index (χ3v) is 2.64. The first-order valence-corrected chi connectivity index (χ1v) is 6.10. The Morgan fingerprint density at radius 1 is 1.35 bits per heavy atom. The highest BCUT2D eigenvalue weighted by molar-refractivity contribution is 6.29. The number of carbonyl (C=O) groups is 1. The Balaban J connectivity index is 2.15. The van der Waals surface area contributed by atoms with Gasteiger partial charge in [-0.1, -0.05) is 23.7 Å². The van der Waals surface area contributed by atoms with Crippen LogP contribution in [0.2, 0.25) is 5.15 Å². The van der Waals surface area contributed by atoms with Gasteiger partial charge in [0.2, 0.25) is 0 Å². The Morgan fingerprint density at radius 2 is 2.15 bits per heavy atom. The first-order valence-electron chi connectivity index (χ1n) is 5.72. The molecule has 20 heavy (non-hydrogen) atoms. The predicted octanol–water partition coefficient (Wildman–Crippen LogP) is 2.89. The second-order valence-electron chi connectivity index (χ2n) is 3.77. The molecule has 1 amide bonds. The van der Waals surface area contributed by atoms with Gasteiger partial charge in [0.05, 0.1) is 11.3 Å². The number of rotatable bonds is 4. The number of nitrogens with one attached hydrogen (secondary N) is 1. The zero-order chi connectivity index (χ0) is 14.4. The van der Waals surface area contributed by atoms with Crippen LogP contribution in [0.15, 0.2) is 42.6 Å². The molecule has 1 aromatic carbocycles. The minimum absolute atomic E-state index is 0.0879. The summed E-state index contributed by atoms with van der Waals surface area (Å²) < 4.78 is 5.23. The quantitative estimate of drug-likeness (QED) is 0.877. The van der Waals surface area contributed by atoms with E-state index >= 15 is 0 Å². The molecule has 0 aliphatic rings. The summed E-state index contributed by atoms with van der Waals surface area (Å²) in [6.45, 7) is -0.0879. The lowest BCUT2D eigenvalue weighted by Gasteiger charge is -2.10. The molecule has 0 aliphatic heterocycles. The van der Waals surface area contributed by atoms with Gasteiger partial charge < -0.3 is 10.1 Å². The van der Waals surface area contributed by atoms with Crippen LogP contribution in [0.5, 0.6) is 5.75 Å². The van der Waals surface area contributed by atoms with Crippen LogP contribution in [-0.4, -0.2) is 17.5 Å². The van der Waals surface area contributed by atoms with Crippen molar-refractivity contribution in [3.8, 4) is 11.8 Å². The molecule has 1 aromatic heterocycles. The van der Waals surface area contributed by atoms with Crippen molar-refractivity contribution in [2.24, 2.45) is 0 Å². The highest BCUT2D eigenvalue weighted by Gasteiger charge is 2.10. The van der Waals surface area contributed by atoms with Gasteiger partial charge >= 0.3 is 0 Å². The Bertz CT molecular complexity index is 650. The van der Waals surface area contributed by atoms with Gasteiger partial charge in [0.1, 0.15) is 17.0 Å². The zero-order valence-electron chi connectivity index (χ0n) is 10.3. The third kappa shape index (κ3) is 3.46. The number of benzene rings is 1. The summed E-state index contributed by atoms with van der Waals surface area (Å²) in [4.78, 5) is 15.9. The molecule has 2 aromatic rings. The van der Waals surface area contributed by atoms with E-state index in [1.807, 2.05) is 6.07 Å². The molecule has 2 rings (SSSR count). The summed E-state index contributed by atoms with van der Waals surface area (Å²) in [6.07, 6.45) is 1.39. The number of aromatic nitrogens is 1. The minimum Gasteiger partial charge on any atom is -0.477 e. The molecular weight excluding hydrogens is 278 g/mol. The number of hydrogen-bond donors (Lipinski definition) is 1. The van der Waals surface area contributed by atoms with Crippen LogP contribution in [0.4, 0.5) is 5.69 Å². The van der Waals surface area contributed by atoms with E-state index < -0.39 is 0 Å². The molecule has 1 heterocycles. The maximum absolute atomic E-state index is 12.0. The van der Waals surface area contributed by atoms with E-state index in [-0.39, 0.29) is 12.5 Å². The standard InChI is InChI=1S/C14H10ClN3O2/c15-13-6-5-10(9-17-13)14(19)18-11-3-1-2-4-12(11)20-8-7-16/h1-6,9H,8H2,(H,18,19). The summed E-state index contributed by atoms with van der Waals surface area (Å²) in [5.74, 6) is 0.103. The second kappa shape index (κ2) is 6.55. The van der Waals surface area contributed by atoms with Crippen molar-refractivity contribution in [3.63, 3.8) is 0 Å². The zero-order valence-corrected chi connectivity index (χ0v) is 11.1. The van der Waals surface area contributed by atoms with Gasteiger partial charge in [0, 0.05) is 6.20 Å². The summed E-state index contributed by atoms with van der Waals surface area (Å²) in [5.41, 5.74) is 0.868. The number of nitrogens with zero attached hydrogens (tertiary/aromatic N) is 2. The summed E-state index contributed by atoms with van der Waals surface area (Å²) in [6, 6.07) is 11.9. The van der Waals surface area contributed by atoms with Crippen molar-refractivity contribution >= 4 is 23.2 Å². The Kier molecular flexibility index (Phi) is 4.53. The van der Waals surface area contributed by atoms with Crippen molar-refractivity contribution in [1.29, 1.82) is 5.26 Å². The lowest BCUT2D eigenvalue weighted by molar-refractivity contribution is 0.102. The molecule has 100 valence electrons. The molecule has 0 atom stereocenters. The number of halogens is 1. The fourth-order valence-electron chi connectivity index (χ4n) is 1.51. The molecule has 6 heteroatoms. The van der Waals surface area contributed by atoms with Crippen LogP contribution < -0.4 is 10.1 Å². The lowest BCUT2D eigenvalue weighted by atomic mass is 10.2. The van der Waals surface area contributed by atoms with Crippen molar-refractivity contribution < 1.29 is 9.53 Å². The topological polar surface area (TPSA) is 75.0 Å². The van der Waals surface area contributed by atoms with Crippen LogP contribution in [0, 0.1) is 11.3 Å². The van der Waals surface area contributed by atoms with Crippen LogP contribution in [-0.2, 0) is 0 Å². The minimum atomic E-state index is -0.331. The third-order valence-electron chi connectivity index (χ3n) is 2.42. The Morgan fingerprint density at radius 3 is 2.85 bits per heavy atom. The van der Waals surface area contributed by atoms with E-state index in [9.17, 15) is 4.79 Å². The van der Waals surface area contributed by atoms with Gasteiger partial charge in [-0.2, -0.15) is 5.26 Å². The van der Waals surface area contributed by atoms with Gasteiger partial charge in [-0.3, -0.25) is 4.79 Å². The highest BCUT2D eigenvalue weighted by Crippen LogP contribution is 2.24. The Labute approximate surface area is 120 Å². The fourth-order valence-corrected chi connectivity index (χ4v) is 1.62. The number of nitriles is 1. The number of pyridine rings is 1.